The minimum absolute atomic E-state index is 0.417. The molecule has 0 fully saturated rings. The number of carbonyl (C=O) groups is 1. The van der Waals surface area contributed by atoms with E-state index in [1.165, 1.54) is 7.11 Å². The molecule has 0 heterocycles. The Hall–Kier alpha value is -1.22. The summed E-state index contributed by atoms with van der Waals surface area (Å²) in [5.74, 6) is 0.334. The van der Waals surface area contributed by atoms with Crippen LogP contribution in [0.3, 0.4) is 0 Å². The minimum atomic E-state index is -0.651. The van der Waals surface area contributed by atoms with Gasteiger partial charge in [-0.15, -0.1) is 11.6 Å². The standard InChI is InChI=1S/C11H13ClO3/c1-14-9-5-3-4-8(6-9)7-10(12)11(13)15-2/h3-6,10H,7H2,1-2H3. The minimum Gasteiger partial charge on any atom is -0.497 e. The lowest BCUT2D eigenvalue weighted by Gasteiger charge is -2.08. The molecule has 0 aliphatic carbocycles. The van der Waals surface area contributed by atoms with Gasteiger partial charge in [0.15, 0.2) is 0 Å². The number of alkyl halides is 1. The first-order valence-corrected chi connectivity index (χ1v) is 4.96. The van der Waals surface area contributed by atoms with Crippen molar-refractivity contribution in [3.05, 3.63) is 29.8 Å². The molecule has 3 nitrogen and oxygen atoms in total. The number of ether oxygens (including phenoxy) is 2. The molecule has 1 atom stereocenters. The number of rotatable bonds is 4. The van der Waals surface area contributed by atoms with Gasteiger partial charge >= 0.3 is 5.97 Å². The molecule has 1 rings (SSSR count). The van der Waals surface area contributed by atoms with Crippen molar-refractivity contribution in [3.8, 4) is 5.75 Å². The molecule has 0 aliphatic rings. The van der Waals surface area contributed by atoms with Crippen LogP contribution in [0.4, 0.5) is 0 Å². The molecule has 4 heteroatoms. The molecule has 1 aromatic carbocycles. The third-order valence-electron chi connectivity index (χ3n) is 2.01. The highest BCUT2D eigenvalue weighted by atomic mass is 35.5. The quantitative estimate of drug-likeness (QED) is 0.584. The molecule has 0 radical (unpaired) electrons. The smallest absolute Gasteiger partial charge is 0.324 e. The maximum atomic E-state index is 11.1. The van der Waals surface area contributed by atoms with Crippen molar-refractivity contribution in [3.63, 3.8) is 0 Å². The topological polar surface area (TPSA) is 35.5 Å². The molecule has 0 N–H and O–H groups in total. The van der Waals surface area contributed by atoms with Gasteiger partial charge in [0.1, 0.15) is 11.1 Å². The predicted molar refractivity (Wildman–Crippen MR) is 58.4 cm³/mol. The Kier molecular flexibility index (Phi) is 4.43. The van der Waals surface area contributed by atoms with E-state index in [0.29, 0.717) is 6.42 Å². The van der Waals surface area contributed by atoms with Gasteiger partial charge in [-0.3, -0.25) is 4.79 Å². The summed E-state index contributed by atoms with van der Waals surface area (Å²) >= 11 is 5.85. The van der Waals surface area contributed by atoms with Gasteiger partial charge in [-0.25, -0.2) is 0 Å². The summed E-state index contributed by atoms with van der Waals surface area (Å²) in [5, 5.41) is -0.651. The number of hydrogen-bond acceptors (Lipinski definition) is 3. The van der Waals surface area contributed by atoms with Crippen LogP contribution in [0.5, 0.6) is 5.75 Å². The Morgan fingerprint density at radius 1 is 1.47 bits per heavy atom. The normalized spacial score (nSPS) is 11.9. The highest BCUT2D eigenvalue weighted by Gasteiger charge is 2.16. The molecule has 0 bridgehead atoms. The third kappa shape index (κ3) is 3.44. The molecule has 0 saturated carbocycles. The van der Waals surface area contributed by atoms with Crippen molar-refractivity contribution >= 4 is 17.6 Å². The molecule has 1 unspecified atom stereocenters. The van der Waals surface area contributed by atoms with Crippen LogP contribution < -0.4 is 4.74 Å². The largest absolute Gasteiger partial charge is 0.497 e. The first-order valence-electron chi connectivity index (χ1n) is 4.52. The summed E-state index contributed by atoms with van der Waals surface area (Å²) in [5.41, 5.74) is 0.944. The molecule has 0 saturated heterocycles. The Balaban J connectivity index is 2.67. The van der Waals surface area contributed by atoms with E-state index in [0.717, 1.165) is 11.3 Å². The van der Waals surface area contributed by atoms with Gasteiger partial charge in [0.25, 0.3) is 0 Å². The van der Waals surface area contributed by atoms with E-state index in [1.807, 2.05) is 24.3 Å². The Morgan fingerprint density at radius 2 is 2.20 bits per heavy atom. The van der Waals surface area contributed by atoms with Gasteiger partial charge in [0.05, 0.1) is 14.2 Å². The van der Waals surface area contributed by atoms with Crippen molar-refractivity contribution in [2.45, 2.75) is 11.8 Å². The van der Waals surface area contributed by atoms with E-state index < -0.39 is 11.3 Å². The van der Waals surface area contributed by atoms with E-state index in [4.69, 9.17) is 16.3 Å². The van der Waals surface area contributed by atoms with Crippen LogP contribution in [0.15, 0.2) is 24.3 Å². The second-order valence-corrected chi connectivity index (χ2v) is 3.57. The Morgan fingerprint density at radius 3 is 2.80 bits per heavy atom. The van der Waals surface area contributed by atoms with E-state index in [9.17, 15) is 4.79 Å². The van der Waals surface area contributed by atoms with Crippen LogP contribution in [0.2, 0.25) is 0 Å². The van der Waals surface area contributed by atoms with Crippen molar-refractivity contribution in [2.24, 2.45) is 0 Å². The van der Waals surface area contributed by atoms with Gasteiger partial charge in [0, 0.05) is 0 Å². The summed E-state index contributed by atoms with van der Waals surface area (Å²) in [4.78, 5) is 11.1. The summed E-state index contributed by atoms with van der Waals surface area (Å²) in [7, 11) is 2.92. The first-order chi connectivity index (χ1) is 7.17. The molecule has 82 valence electrons. The lowest BCUT2D eigenvalue weighted by Crippen LogP contribution is -2.18. The van der Waals surface area contributed by atoms with E-state index >= 15 is 0 Å². The second-order valence-electron chi connectivity index (χ2n) is 3.05. The SMILES string of the molecule is COC(=O)C(Cl)Cc1cccc(OC)c1. The number of halogens is 1. The Labute approximate surface area is 93.9 Å². The molecule has 0 spiro atoms. The second kappa shape index (κ2) is 5.61. The monoisotopic (exact) mass is 228 g/mol. The maximum Gasteiger partial charge on any atom is 0.324 e. The lowest BCUT2D eigenvalue weighted by atomic mass is 10.1. The zero-order valence-corrected chi connectivity index (χ0v) is 9.45. The van der Waals surface area contributed by atoms with Crippen molar-refractivity contribution in [2.75, 3.05) is 14.2 Å². The predicted octanol–water partition coefficient (Wildman–Crippen LogP) is 2.02. The lowest BCUT2D eigenvalue weighted by molar-refractivity contribution is -0.140. The highest BCUT2D eigenvalue weighted by molar-refractivity contribution is 6.30. The van der Waals surface area contributed by atoms with E-state index in [2.05, 4.69) is 4.74 Å². The van der Waals surface area contributed by atoms with E-state index in [-0.39, 0.29) is 0 Å². The summed E-state index contributed by atoms with van der Waals surface area (Å²) in [6.07, 6.45) is 0.436. The molecular weight excluding hydrogens is 216 g/mol. The fourth-order valence-electron chi connectivity index (χ4n) is 1.22. The highest BCUT2D eigenvalue weighted by Crippen LogP contribution is 2.16. The molecule has 0 aromatic heterocycles. The molecule has 0 aliphatic heterocycles. The fraction of sp³-hybridized carbons (Fsp3) is 0.364. The van der Waals surface area contributed by atoms with Gasteiger partial charge < -0.3 is 9.47 Å². The van der Waals surface area contributed by atoms with Crippen LogP contribution in [0.25, 0.3) is 0 Å². The zero-order chi connectivity index (χ0) is 11.3. The molecule has 0 amide bonds. The van der Waals surface area contributed by atoms with Gasteiger partial charge in [-0.2, -0.15) is 0 Å². The number of hydrogen-bond donors (Lipinski definition) is 0. The van der Waals surface area contributed by atoms with Crippen molar-refractivity contribution in [1.82, 2.24) is 0 Å². The summed E-state index contributed by atoms with van der Waals surface area (Å²) in [6.45, 7) is 0. The van der Waals surface area contributed by atoms with Gasteiger partial charge in [-0.1, -0.05) is 12.1 Å². The van der Waals surface area contributed by atoms with Gasteiger partial charge in [-0.05, 0) is 24.1 Å². The van der Waals surface area contributed by atoms with Gasteiger partial charge in [0.2, 0.25) is 0 Å². The van der Waals surface area contributed by atoms with Crippen LogP contribution in [0, 0.1) is 0 Å². The van der Waals surface area contributed by atoms with Crippen molar-refractivity contribution < 1.29 is 14.3 Å². The van der Waals surface area contributed by atoms with Crippen LogP contribution in [0.1, 0.15) is 5.56 Å². The third-order valence-corrected chi connectivity index (χ3v) is 2.34. The average molecular weight is 229 g/mol. The summed E-state index contributed by atoms with van der Waals surface area (Å²) < 4.78 is 9.60. The number of methoxy groups -OCH3 is 2. The molecular formula is C11H13ClO3. The number of carbonyl (C=O) groups excluding carboxylic acids is 1. The van der Waals surface area contributed by atoms with Crippen LogP contribution in [-0.2, 0) is 16.0 Å². The number of esters is 1. The number of benzene rings is 1. The van der Waals surface area contributed by atoms with Crippen LogP contribution >= 0.6 is 11.6 Å². The molecule has 15 heavy (non-hydrogen) atoms. The summed E-state index contributed by atoms with van der Waals surface area (Å²) in [6, 6.07) is 7.43. The van der Waals surface area contributed by atoms with E-state index in [1.54, 1.807) is 7.11 Å². The molecule has 1 aromatic rings. The van der Waals surface area contributed by atoms with Crippen molar-refractivity contribution in [1.29, 1.82) is 0 Å². The fourth-order valence-corrected chi connectivity index (χ4v) is 1.48. The first kappa shape index (κ1) is 11.9. The maximum absolute atomic E-state index is 11.1. The average Bonchev–Trinajstić information content (AvgIpc) is 2.28. The zero-order valence-electron chi connectivity index (χ0n) is 8.70. The van der Waals surface area contributed by atoms with Crippen LogP contribution in [-0.4, -0.2) is 25.6 Å². The Bertz CT molecular complexity index is 338.